The number of carboxylic acids is 1. The molecule has 92 valence electrons. The van der Waals surface area contributed by atoms with Crippen LogP contribution in [0, 0.1) is 0 Å². The highest BCUT2D eigenvalue weighted by atomic mass is 32.2. The Balaban J connectivity index is 2.09. The van der Waals surface area contributed by atoms with E-state index >= 15 is 0 Å². The molecule has 0 saturated carbocycles. The Morgan fingerprint density at radius 1 is 1.65 bits per heavy atom. The van der Waals surface area contributed by atoms with Crippen LogP contribution in [0.4, 0.5) is 0 Å². The Labute approximate surface area is 107 Å². The molecular formula is C10H11NO4S2. The van der Waals surface area contributed by atoms with Crippen LogP contribution in [-0.4, -0.2) is 44.2 Å². The molecule has 1 amide bonds. The van der Waals surface area contributed by atoms with Gasteiger partial charge in [0.2, 0.25) is 5.91 Å². The van der Waals surface area contributed by atoms with E-state index in [0.29, 0.717) is 17.1 Å². The van der Waals surface area contributed by atoms with E-state index in [1.807, 2.05) is 0 Å². The summed E-state index contributed by atoms with van der Waals surface area (Å²) in [6, 6.07) is -0.848. The Morgan fingerprint density at radius 3 is 2.88 bits per heavy atom. The Morgan fingerprint density at radius 2 is 2.35 bits per heavy atom. The lowest BCUT2D eigenvalue weighted by Crippen LogP contribution is -2.53. The largest absolute Gasteiger partial charge is 0.479 e. The number of fused-ring (bicyclic) bond motifs is 1. The van der Waals surface area contributed by atoms with Gasteiger partial charge in [-0.25, -0.2) is 4.79 Å². The highest BCUT2D eigenvalue weighted by Crippen LogP contribution is 2.46. The van der Waals surface area contributed by atoms with Gasteiger partial charge in [-0.1, -0.05) is 17.8 Å². The zero-order valence-electron chi connectivity index (χ0n) is 9.08. The highest BCUT2D eigenvalue weighted by molar-refractivity contribution is 8.13. The number of carbonyl (C=O) groups is 3. The van der Waals surface area contributed by atoms with Gasteiger partial charge >= 0.3 is 5.97 Å². The van der Waals surface area contributed by atoms with Crippen molar-refractivity contribution in [3.05, 3.63) is 11.0 Å². The van der Waals surface area contributed by atoms with Crippen molar-refractivity contribution in [3.8, 4) is 0 Å². The van der Waals surface area contributed by atoms with Crippen molar-refractivity contribution >= 4 is 40.5 Å². The minimum absolute atomic E-state index is 0.00363. The van der Waals surface area contributed by atoms with Crippen molar-refractivity contribution < 1.29 is 19.5 Å². The summed E-state index contributed by atoms with van der Waals surface area (Å²) < 4.78 is 0. The van der Waals surface area contributed by atoms with Gasteiger partial charge in [0.25, 0.3) is 0 Å². The summed E-state index contributed by atoms with van der Waals surface area (Å²) >= 11 is 2.54. The van der Waals surface area contributed by atoms with Crippen LogP contribution < -0.4 is 0 Å². The van der Waals surface area contributed by atoms with Crippen LogP contribution in [0.1, 0.15) is 13.3 Å². The SMILES string of the molecule is CC(=O)SC/C=C1\S[C@@H]2CC(=O)N2C1C(=O)O. The Hall–Kier alpha value is -0.950. The number of hydrogen-bond donors (Lipinski definition) is 1. The third kappa shape index (κ3) is 2.35. The molecule has 0 aliphatic carbocycles. The third-order valence-electron chi connectivity index (χ3n) is 2.57. The molecule has 17 heavy (non-hydrogen) atoms. The molecule has 5 nitrogen and oxygen atoms in total. The molecule has 2 heterocycles. The predicted molar refractivity (Wildman–Crippen MR) is 65.5 cm³/mol. The average Bonchev–Trinajstić information content (AvgIpc) is 2.50. The maximum absolute atomic E-state index is 11.3. The van der Waals surface area contributed by atoms with Crippen LogP contribution >= 0.6 is 23.5 Å². The summed E-state index contributed by atoms with van der Waals surface area (Å²) in [5, 5.41) is 9.08. The van der Waals surface area contributed by atoms with Gasteiger partial charge in [-0.15, -0.1) is 11.8 Å². The van der Waals surface area contributed by atoms with Gasteiger partial charge in [-0.3, -0.25) is 9.59 Å². The first-order valence-corrected chi connectivity index (χ1v) is 6.91. The fourth-order valence-corrected chi connectivity index (χ4v) is 3.83. The standard InChI is InChI=1S/C10H11NO4S2/c1-5(12)16-3-2-6-9(10(14)15)11-7(13)4-8(11)17-6/h2,8-9H,3-4H2,1H3,(H,14,15)/b6-2-/t8-,9?/m1/s1. The molecule has 0 aromatic heterocycles. The first-order valence-electron chi connectivity index (χ1n) is 5.04. The van der Waals surface area contributed by atoms with E-state index in [1.165, 1.54) is 23.6 Å². The van der Waals surface area contributed by atoms with Gasteiger partial charge in [-0.05, 0) is 0 Å². The molecule has 0 spiro atoms. The number of rotatable bonds is 3. The summed E-state index contributed by atoms with van der Waals surface area (Å²) in [4.78, 5) is 35.3. The Bertz CT molecular complexity index is 421. The third-order valence-corrected chi connectivity index (χ3v) is 4.64. The molecule has 0 radical (unpaired) electrons. The average molecular weight is 273 g/mol. The minimum atomic E-state index is -1.01. The van der Waals surface area contributed by atoms with Gasteiger partial charge in [0.05, 0.1) is 11.8 Å². The molecule has 2 aliphatic heterocycles. The number of thioether (sulfide) groups is 2. The molecule has 2 saturated heterocycles. The zero-order chi connectivity index (χ0) is 12.6. The van der Waals surface area contributed by atoms with Crippen LogP contribution in [0.25, 0.3) is 0 Å². The van der Waals surface area contributed by atoms with E-state index in [4.69, 9.17) is 5.11 Å². The smallest absolute Gasteiger partial charge is 0.331 e. The number of β-lactam (4-membered cyclic amide) rings is 1. The molecule has 2 atom stereocenters. The van der Waals surface area contributed by atoms with Gasteiger partial charge < -0.3 is 10.0 Å². The second-order valence-corrected chi connectivity index (χ2v) is 6.18. The quantitative estimate of drug-likeness (QED) is 0.770. The number of nitrogens with zero attached hydrogens (tertiary/aromatic N) is 1. The summed E-state index contributed by atoms with van der Waals surface area (Å²) in [7, 11) is 0. The van der Waals surface area contributed by atoms with E-state index in [9.17, 15) is 14.4 Å². The van der Waals surface area contributed by atoms with Crippen LogP contribution in [0.15, 0.2) is 11.0 Å². The molecule has 1 N–H and O–H groups in total. The van der Waals surface area contributed by atoms with Gasteiger partial charge in [0.1, 0.15) is 0 Å². The molecule has 0 bridgehead atoms. The monoisotopic (exact) mass is 273 g/mol. The first-order chi connectivity index (χ1) is 8.00. The number of aliphatic carboxylic acids is 1. The van der Waals surface area contributed by atoms with E-state index < -0.39 is 12.0 Å². The molecular weight excluding hydrogens is 262 g/mol. The van der Waals surface area contributed by atoms with E-state index in [1.54, 1.807) is 6.08 Å². The van der Waals surface area contributed by atoms with Gasteiger partial charge in [0, 0.05) is 17.6 Å². The van der Waals surface area contributed by atoms with E-state index in [2.05, 4.69) is 0 Å². The summed E-state index contributed by atoms with van der Waals surface area (Å²) in [5.74, 6) is -0.666. The fourth-order valence-electron chi connectivity index (χ4n) is 1.81. The molecule has 0 aromatic carbocycles. The van der Waals surface area contributed by atoms with Crippen LogP contribution in [-0.2, 0) is 14.4 Å². The Kier molecular flexibility index (Phi) is 3.48. The van der Waals surface area contributed by atoms with Crippen molar-refractivity contribution in [2.75, 3.05) is 5.75 Å². The number of carbonyl (C=O) groups excluding carboxylic acids is 2. The van der Waals surface area contributed by atoms with Crippen molar-refractivity contribution in [2.24, 2.45) is 0 Å². The number of carboxylic acid groups (broad SMARTS) is 1. The topological polar surface area (TPSA) is 74.7 Å². The molecule has 2 rings (SSSR count). The van der Waals surface area contributed by atoms with Gasteiger partial charge in [0.15, 0.2) is 11.2 Å². The zero-order valence-corrected chi connectivity index (χ0v) is 10.7. The molecule has 2 fully saturated rings. The minimum Gasteiger partial charge on any atom is -0.479 e. The number of amides is 1. The van der Waals surface area contributed by atoms with Crippen molar-refractivity contribution in [1.82, 2.24) is 4.90 Å². The van der Waals surface area contributed by atoms with E-state index in [0.717, 1.165) is 11.8 Å². The van der Waals surface area contributed by atoms with Crippen molar-refractivity contribution in [1.29, 1.82) is 0 Å². The fraction of sp³-hybridized carbons (Fsp3) is 0.500. The van der Waals surface area contributed by atoms with Crippen LogP contribution in [0.3, 0.4) is 0 Å². The first kappa shape index (κ1) is 12.5. The molecule has 0 aromatic rings. The molecule has 2 aliphatic rings. The lowest BCUT2D eigenvalue weighted by Gasteiger charge is -2.35. The summed E-state index contributed by atoms with van der Waals surface area (Å²) in [5.41, 5.74) is 0. The summed E-state index contributed by atoms with van der Waals surface area (Å²) in [6.07, 6.45) is 2.15. The normalized spacial score (nSPS) is 29.1. The molecule has 7 heteroatoms. The van der Waals surface area contributed by atoms with E-state index in [-0.39, 0.29) is 16.4 Å². The molecule has 1 unspecified atom stereocenters. The van der Waals surface area contributed by atoms with Crippen molar-refractivity contribution in [3.63, 3.8) is 0 Å². The lowest BCUT2D eigenvalue weighted by molar-refractivity contribution is -0.154. The number of hydrogen-bond acceptors (Lipinski definition) is 5. The maximum Gasteiger partial charge on any atom is 0.331 e. The predicted octanol–water partition coefficient (Wildman–Crippen LogP) is 0.908. The lowest BCUT2D eigenvalue weighted by atomic mass is 10.1. The summed E-state index contributed by atoms with van der Waals surface area (Å²) in [6.45, 7) is 1.47. The maximum atomic E-state index is 11.3. The highest BCUT2D eigenvalue weighted by Gasteiger charge is 2.52. The second kappa shape index (κ2) is 4.73. The van der Waals surface area contributed by atoms with Crippen LogP contribution in [0.5, 0.6) is 0 Å². The van der Waals surface area contributed by atoms with Crippen LogP contribution in [0.2, 0.25) is 0 Å². The van der Waals surface area contributed by atoms with Crippen molar-refractivity contribution in [2.45, 2.75) is 24.8 Å². The van der Waals surface area contributed by atoms with Gasteiger partial charge in [-0.2, -0.15) is 0 Å². The second-order valence-electron chi connectivity index (χ2n) is 3.73.